The van der Waals surface area contributed by atoms with Crippen LogP contribution in [0.4, 0.5) is 0 Å². The number of nitrogens with one attached hydrogen (secondary N) is 1. The Morgan fingerprint density at radius 2 is 1.26 bits per heavy atom. The van der Waals surface area contributed by atoms with Crippen LogP contribution in [0, 0.1) is 13.8 Å². The van der Waals surface area contributed by atoms with Gasteiger partial charge in [-0.25, -0.2) is 8.42 Å². The number of sulfonamides is 1. The molecular weight excluding hydrogens is 617 g/mol. The second-order valence-electron chi connectivity index (χ2n) is 9.13. The molecule has 1 N–H and O–H groups in total. The van der Waals surface area contributed by atoms with Crippen LogP contribution in [-0.4, -0.2) is 21.6 Å². The number of rotatable bonds is 12. The van der Waals surface area contributed by atoms with Crippen molar-refractivity contribution in [2.24, 2.45) is 0 Å². The van der Waals surface area contributed by atoms with Gasteiger partial charge in [0.1, 0.15) is 10.0 Å². The van der Waals surface area contributed by atoms with E-state index in [0.717, 1.165) is 22.3 Å². The van der Waals surface area contributed by atoms with Crippen molar-refractivity contribution in [2.75, 3.05) is 13.2 Å². The van der Waals surface area contributed by atoms with Crippen LogP contribution in [-0.2, 0) is 40.8 Å². The minimum absolute atomic E-state index is 0. The molecule has 0 aromatic heterocycles. The third-order valence-electron chi connectivity index (χ3n) is 6.19. The zero-order valence-corrected chi connectivity index (χ0v) is 25.3. The number of benzene rings is 4. The molecule has 0 aliphatic heterocycles. The van der Waals surface area contributed by atoms with Gasteiger partial charge in [-0.2, -0.15) is 0 Å². The molecule has 0 radical (unpaired) electrons. The van der Waals surface area contributed by atoms with Gasteiger partial charge >= 0.3 is 19.5 Å². The molecule has 5 nitrogen and oxygen atoms in total. The van der Waals surface area contributed by atoms with E-state index in [4.69, 9.17) is 4.74 Å². The van der Waals surface area contributed by atoms with E-state index >= 15 is 0 Å². The smallest absolute Gasteiger partial charge is 1.00 e. The number of hydrogen-bond acceptors (Lipinski definition) is 4. The van der Waals surface area contributed by atoms with Crippen LogP contribution in [0.5, 0.6) is 0 Å². The molecule has 8 heteroatoms. The summed E-state index contributed by atoms with van der Waals surface area (Å²) in [6, 6.07) is 33.5. The Bertz CT molecular complexity index is 1350. The summed E-state index contributed by atoms with van der Waals surface area (Å²) >= 11 is 0. The summed E-state index contributed by atoms with van der Waals surface area (Å²) in [5.41, 5.74) is 5.10. The minimum atomic E-state index is -3.90. The molecule has 0 saturated heterocycles. The largest absolute Gasteiger partial charge is 2.00 e. The van der Waals surface area contributed by atoms with Crippen molar-refractivity contribution < 1.29 is 45.0 Å². The molecule has 4 aromatic rings. The van der Waals surface area contributed by atoms with Crippen LogP contribution in [0.15, 0.2) is 114 Å². The number of hydrogen-bond donors (Lipinski definition) is 1. The summed E-state index contributed by atoms with van der Waals surface area (Å²) in [7, 11) is -3.90. The van der Waals surface area contributed by atoms with E-state index in [-0.39, 0.29) is 42.8 Å². The zero-order valence-electron chi connectivity index (χ0n) is 22.0. The van der Waals surface area contributed by atoms with Gasteiger partial charge < -0.3 is 27.2 Å². The van der Waals surface area contributed by atoms with E-state index in [9.17, 15) is 8.42 Å². The molecule has 0 aliphatic carbocycles. The fourth-order valence-corrected chi connectivity index (χ4v) is 5.26. The summed E-state index contributed by atoms with van der Waals surface area (Å²) in [4.78, 5) is 0.187. The molecule has 0 bridgehead atoms. The van der Waals surface area contributed by atoms with Crippen molar-refractivity contribution in [3.8, 4) is 0 Å². The normalized spacial score (nSPS) is 12.6. The molecule has 0 aliphatic rings. The molecule has 4 rings (SSSR count). The van der Waals surface area contributed by atoms with Gasteiger partial charge in [0.2, 0.25) is 0 Å². The van der Waals surface area contributed by atoms with Gasteiger partial charge in [-0.3, -0.25) is 0 Å². The van der Waals surface area contributed by atoms with Crippen LogP contribution in [0.25, 0.3) is 4.72 Å². The second-order valence-corrected chi connectivity index (χ2v) is 10.8. The molecule has 39 heavy (non-hydrogen) atoms. The maximum absolute atomic E-state index is 13.4. The standard InChI is InChI=1S/C31H33N2O3S.ClH.Ru/c1-24-13-17-26(18-14-24)23-36-22-21-32-30(27-9-5-3-6-10-27)31(28-11-7-4-8-12-28)33-37(34,35)29-19-15-25(2)16-20-29;;/h3-20,30-32H,21-23H2,1-2H3;1H;/q-1;;+2/p-1/t30-,31+;;/m1../s1. The predicted molar refractivity (Wildman–Crippen MR) is 149 cm³/mol. The third kappa shape index (κ3) is 9.64. The van der Waals surface area contributed by atoms with E-state index in [0.29, 0.717) is 19.8 Å². The van der Waals surface area contributed by atoms with Crippen molar-refractivity contribution >= 4 is 10.0 Å². The first kappa shape index (κ1) is 32.8. The van der Waals surface area contributed by atoms with Gasteiger partial charge in [0.25, 0.3) is 0 Å². The number of nitrogens with zero attached hydrogens (tertiary/aromatic N) is 1. The van der Waals surface area contributed by atoms with E-state index in [1.165, 1.54) is 5.56 Å². The van der Waals surface area contributed by atoms with Crippen molar-refractivity contribution in [3.63, 3.8) is 0 Å². The van der Waals surface area contributed by atoms with Crippen LogP contribution in [0.1, 0.15) is 39.9 Å². The Morgan fingerprint density at radius 3 is 1.82 bits per heavy atom. The molecule has 0 heterocycles. The summed E-state index contributed by atoms with van der Waals surface area (Å²) < 4.78 is 37.2. The molecule has 0 spiro atoms. The maximum atomic E-state index is 13.4. The van der Waals surface area contributed by atoms with Gasteiger partial charge in [0.15, 0.2) is 0 Å². The Hall–Kier alpha value is -2.38. The average molecular weight is 650 g/mol. The van der Waals surface area contributed by atoms with E-state index < -0.39 is 16.1 Å². The van der Waals surface area contributed by atoms with Gasteiger partial charge in [0, 0.05) is 17.5 Å². The van der Waals surface area contributed by atoms with Crippen molar-refractivity contribution in [3.05, 3.63) is 142 Å². The molecule has 2 atom stereocenters. The van der Waals surface area contributed by atoms with Crippen molar-refractivity contribution in [1.82, 2.24) is 5.32 Å². The molecule has 0 saturated carbocycles. The van der Waals surface area contributed by atoms with E-state index in [1.54, 1.807) is 24.3 Å². The summed E-state index contributed by atoms with van der Waals surface area (Å²) in [6.07, 6.45) is 0. The minimum Gasteiger partial charge on any atom is -1.00 e. The molecule has 0 amide bonds. The molecule has 206 valence electrons. The molecular formula is C31H33ClN2O3RuS. The maximum Gasteiger partial charge on any atom is 2.00 e. The summed E-state index contributed by atoms with van der Waals surface area (Å²) in [5, 5.41) is 3.53. The predicted octanol–water partition coefficient (Wildman–Crippen LogP) is 3.66. The monoisotopic (exact) mass is 650 g/mol. The Labute approximate surface area is 251 Å². The topological polar surface area (TPSA) is 69.5 Å². The van der Waals surface area contributed by atoms with Crippen molar-refractivity contribution in [1.29, 1.82) is 0 Å². The van der Waals surface area contributed by atoms with Crippen LogP contribution in [0.3, 0.4) is 0 Å². The molecule has 4 aromatic carbocycles. The first-order chi connectivity index (χ1) is 17.9. The first-order valence-electron chi connectivity index (χ1n) is 12.4. The van der Waals surface area contributed by atoms with Crippen LogP contribution >= 0.6 is 0 Å². The zero-order chi connectivity index (χ0) is 26.1. The van der Waals surface area contributed by atoms with Gasteiger partial charge in [-0.15, -0.1) is 0 Å². The molecule has 0 fully saturated rings. The average Bonchev–Trinajstić information content (AvgIpc) is 2.92. The fourth-order valence-electron chi connectivity index (χ4n) is 4.12. The van der Waals surface area contributed by atoms with Gasteiger partial charge in [-0.1, -0.05) is 120 Å². The van der Waals surface area contributed by atoms with E-state index in [2.05, 4.69) is 41.2 Å². The van der Waals surface area contributed by atoms with Gasteiger partial charge in [0.05, 0.1) is 13.2 Å². The number of ether oxygens (including phenoxy) is 1. The van der Waals surface area contributed by atoms with Gasteiger partial charge in [-0.05, 0) is 37.1 Å². The van der Waals surface area contributed by atoms with Crippen LogP contribution in [0.2, 0.25) is 0 Å². The Morgan fingerprint density at radius 1 is 0.744 bits per heavy atom. The third-order valence-corrected chi connectivity index (χ3v) is 7.56. The van der Waals surface area contributed by atoms with E-state index in [1.807, 2.05) is 67.6 Å². The first-order valence-corrected chi connectivity index (χ1v) is 13.9. The quantitative estimate of drug-likeness (QED) is 0.188. The number of aryl methyl sites for hydroxylation is 2. The number of halogens is 1. The molecule has 0 unspecified atom stereocenters. The Balaban J connectivity index is 0.00000267. The SMILES string of the molecule is Cc1ccc(COCCN[C@H](c2ccccc2)[C@@H]([N-]S(=O)(=O)c2ccc(C)cc2)c2ccccc2)cc1.[Cl-].[Ru+2]. The summed E-state index contributed by atoms with van der Waals surface area (Å²) in [5.74, 6) is 0. The van der Waals surface area contributed by atoms with Crippen LogP contribution < -0.4 is 17.7 Å². The second kappa shape index (κ2) is 16.0. The summed E-state index contributed by atoms with van der Waals surface area (Å²) in [6.45, 7) is 5.52. The van der Waals surface area contributed by atoms with Crippen molar-refractivity contribution in [2.45, 2.75) is 37.4 Å². The Kier molecular flexibility index (Phi) is 13.5. The fraction of sp³-hybridized carbons (Fsp3) is 0.226.